The second-order valence-corrected chi connectivity index (χ2v) is 3.51. The Morgan fingerprint density at radius 3 is 3.00 bits per heavy atom. The molecule has 0 aliphatic carbocycles. The van der Waals surface area contributed by atoms with Gasteiger partial charge in [-0.25, -0.2) is 0 Å². The van der Waals surface area contributed by atoms with Gasteiger partial charge in [-0.3, -0.25) is 5.10 Å². The van der Waals surface area contributed by atoms with Crippen molar-refractivity contribution >= 4 is 5.82 Å². The van der Waals surface area contributed by atoms with Crippen LogP contribution in [0.25, 0.3) is 0 Å². The summed E-state index contributed by atoms with van der Waals surface area (Å²) in [6.07, 6.45) is 1.35. The van der Waals surface area contributed by atoms with Crippen LogP contribution in [-0.2, 0) is 11.2 Å². The zero-order valence-electron chi connectivity index (χ0n) is 8.22. The van der Waals surface area contributed by atoms with Gasteiger partial charge in [-0.05, 0) is 13.8 Å². The zero-order valence-corrected chi connectivity index (χ0v) is 8.22. The lowest BCUT2D eigenvalue weighted by Crippen LogP contribution is -2.21. The number of hydrogen-bond acceptors (Lipinski definition) is 3. The first kappa shape index (κ1) is 8.56. The van der Waals surface area contributed by atoms with E-state index in [1.165, 1.54) is 11.3 Å². The molecule has 0 saturated carbocycles. The molecule has 0 aromatic carbocycles. The van der Waals surface area contributed by atoms with Crippen molar-refractivity contribution in [3.63, 3.8) is 0 Å². The molecule has 1 aromatic rings. The maximum atomic E-state index is 5.71. The second-order valence-electron chi connectivity index (χ2n) is 3.51. The maximum absolute atomic E-state index is 5.71. The third kappa shape index (κ3) is 1.31. The van der Waals surface area contributed by atoms with Crippen molar-refractivity contribution in [2.75, 3.05) is 12.4 Å². The van der Waals surface area contributed by atoms with Gasteiger partial charge in [0.15, 0.2) is 5.82 Å². The van der Waals surface area contributed by atoms with E-state index in [0.717, 1.165) is 12.2 Å². The average molecular weight is 181 g/mol. The van der Waals surface area contributed by atoms with Crippen LogP contribution in [0.1, 0.15) is 31.2 Å². The second kappa shape index (κ2) is 3.03. The van der Waals surface area contributed by atoms with Crippen LogP contribution in [0.3, 0.4) is 0 Å². The van der Waals surface area contributed by atoms with Gasteiger partial charge in [-0.1, -0.05) is 0 Å². The van der Waals surface area contributed by atoms with E-state index in [2.05, 4.69) is 29.4 Å². The van der Waals surface area contributed by atoms with Crippen LogP contribution in [0.15, 0.2) is 0 Å². The molecule has 0 saturated heterocycles. The van der Waals surface area contributed by atoms with Crippen LogP contribution in [0.5, 0.6) is 0 Å². The molecule has 2 heterocycles. The van der Waals surface area contributed by atoms with Gasteiger partial charge in [0.1, 0.15) is 0 Å². The molecule has 1 aliphatic heterocycles. The van der Waals surface area contributed by atoms with Gasteiger partial charge >= 0.3 is 0 Å². The fourth-order valence-corrected chi connectivity index (χ4v) is 1.92. The number of H-pyrrole nitrogens is 1. The Morgan fingerprint density at radius 1 is 1.54 bits per heavy atom. The summed E-state index contributed by atoms with van der Waals surface area (Å²) < 4.78 is 5.71. The zero-order chi connectivity index (χ0) is 9.42. The third-order valence-electron chi connectivity index (χ3n) is 2.45. The minimum Gasteiger partial charge on any atom is -0.371 e. The Labute approximate surface area is 77.7 Å². The van der Waals surface area contributed by atoms with Crippen LogP contribution in [-0.4, -0.2) is 23.3 Å². The first-order valence-corrected chi connectivity index (χ1v) is 4.62. The Bertz CT molecular complexity index is 308. The largest absolute Gasteiger partial charge is 0.371 e. The topological polar surface area (TPSA) is 49.9 Å². The molecule has 0 fully saturated rings. The predicted molar refractivity (Wildman–Crippen MR) is 50.8 cm³/mol. The first-order chi connectivity index (χ1) is 6.22. The molecule has 1 aromatic heterocycles. The standard InChI is InChI=1S/C9H15N3O/c1-5-4-7-8(6(2)13-5)9(10-3)12-11-7/h5-6H,4H2,1-3H3,(H2,10,11,12). The van der Waals surface area contributed by atoms with Crippen molar-refractivity contribution in [2.45, 2.75) is 32.5 Å². The van der Waals surface area contributed by atoms with Crippen LogP contribution in [0.2, 0.25) is 0 Å². The van der Waals surface area contributed by atoms with Crippen molar-refractivity contribution in [3.05, 3.63) is 11.3 Å². The van der Waals surface area contributed by atoms with Crippen LogP contribution < -0.4 is 5.32 Å². The normalized spacial score (nSPS) is 27.0. The molecule has 13 heavy (non-hydrogen) atoms. The fraction of sp³-hybridized carbons (Fsp3) is 0.667. The van der Waals surface area contributed by atoms with E-state index in [4.69, 9.17) is 4.74 Å². The van der Waals surface area contributed by atoms with Gasteiger partial charge in [0.2, 0.25) is 0 Å². The molecule has 4 nitrogen and oxygen atoms in total. The van der Waals surface area contributed by atoms with E-state index < -0.39 is 0 Å². The monoisotopic (exact) mass is 181 g/mol. The number of hydrogen-bond donors (Lipinski definition) is 2. The lowest BCUT2D eigenvalue weighted by molar-refractivity contribution is -0.00477. The molecule has 0 amide bonds. The summed E-state index contributed by atoms with van der Waals surface area (Å²) in [5.74, 6) is 0.911. The molecule has 1 aliphatic rings. The molecule has 2 N–H and O–H groups in total. The molecule has 0 bridgehead atoms. The van der Waals surface area contributed by atoms with Crippen molar-refractivity contribution in [1.82, 2.24) is 10.2 Å². The number of fused-ring (bicyclic) bond motifs is 1. The van der Waals surface area contributed by atoms with Crippen LogP contribution in [0, 0.1) is 0 Å². The van der Waals surface area contributed by atoms with Crippen molar-refractivity contribution < 1.29 is 4.74 Å². The molecule has 4 heteroatoms. The number of anilines is 1. The summed E-state index contributed by atoms with van der Waals surface area (Å²) in [7, 11) is 1.88. The van der Waals surface area contributed by atoms with E-state index in [0.29, 0.717) is 0 Å². The average Bonchev–Trinajstić information content (AvgIpc) is 2.47. The van der Waals surface area contributed by atoms with Gasteiger partial charge in [-0.15, -0.1) is 0 Å². The van der Waals surface area contributed by atoms with E-state index >= 15 is 0 Å². The van der Waals surface area contributed by atoms with Gasteiger partial charge in [0.05, 0.1) is 12.2 Å². The quantitative estimate of drug-likeness (QED) is 0.689. The van der Waals surface area contributed by atoms with Gasteiger partial charge in [0, 0.05) is 24.7 Å². The summed E-state index contributed by atoms with van der Waals surface area (Å²) in [6.45, 7) is 4.14. The molecule has 0 spiro atoms. The van der Waals surface area contributed by atoms with E-state index in [1.54, 1.807) is 0 Å². The van der Waals surface area contributed by atoms with E-state index in [1.807, 2.05) is 7.05 Å². The molecule has 2 atom stereocenters. The minimum atomic E-state index is 0.139. The Kier molecular flexibility index (Phi) is 2.00. The molecular formula is C9H15N3O. The molecule has 72 valence electrons. The van der Waals surface area contributed by atoms with Crippen LogP contribution >= 0.6 is 0 Å². The summed E-state index contributed by atoms with van der Waals surface area (Å²) in [5, 5.41) is 10.3. The Balaban J connectivity index is 2.40. The number of nitrogens with one attached hydrogen (secondary N) is 2. The molecular weight excluding hydrogens is 166 g/mol. The lowest BCUT2D eigenvalue weighted by Gasteiger charge is -2.25. The third-order valence-corrected chi connectivity index (χ3v) is 2.45. The Morgan fingerprint density at radius 2 is 2.31 bits per heavy atom. The van der Waals surface area contributed by atoms with E-state index in [-0.39, 0.29) is 12.2 Å². The van der Waals surface area contributed by atoms with Crippen molar-refractivity contribution in [2.24, 2.45) is 0 Å². The minimum absolute atomic E-state index is 0.139. The van der Waals surface area contributed by atoms with Gasteiger partial charge in [0.25, 0.3) is 0 Å². The van der Waals surface area contributed by atoms with E-state index in [9.17, 15) is 0 Å². The highest BCUT2D eigenvalue weighted by molar-refractivity contribution is 5.48. The highest BCUT2D eigenvalue weighted by Gasteiger charge is 2.26. The first-order valence-electron chi connectivity index (χ1n) is 4.62. The summed E-state index contributed by atoms with van der Waals surface area (Å²) in [6, 6.07) is 0. The smallest absolute Gasteiger partial charge is 0.153 e. The summed E-state index contributed by atoms with van der Waals surface area (Å²) in [5.41, 5.74) is 2.39. The van der Waals surface area contributed by atoms with Gasteiger partial charge in [-0.2, -0.15) is 5.10 Å². The number of rotatable bonds is 1. The number of aromatic nitrogens is 2. The lowest BCUT2D eigenvalue weighted by atomic mass is 10.0. The van der Waals surface area contributed by atoms with Crippen molar-refractivity contribution in [3.8, 4) is 0 Å². The van der Waals surface area contributed by atoms with Crippen molar-refractivity contribution in [1.29, 1.82) is 0 Å². The predicted octanol–water partition coefficient (Wildman–Crippen LogP) is 1.47. The molecule has 2 rings (SSSR count). The summed E-state index contributed by atoms with van der Waals surface area (Å²) in [4.78, 5) is 0. The number of nitrogens with zero attached hydrogens (tertiary/aromatic N) is 1. The molecule has 2 unspecified atom stereocenters. The Hall–Kier alpha value is -1.03. The fourth-order valence-electron chi connectivity index (χ4n) is 1.92. The molecule has 0 radical (unpaired) electrons. The van der Waals surface area contributed by atoms with Gasteiger partial charge < -0.3 is 10.1 Å². The summed E-state index contributed by atoms with van der Waals surface area (Å²) >= 11 is 0. The highest BCUT2D eigenvalue weighted by Crippen LogP contribution is 2.33. The van der Waals surface area contributed by atoms with Crippen LogP contribution in [0.4, 0.5) is 5.82 Å². The highest BCUT2D eigenvalue weighted by atomic mass is 16.5. The number of ether oxygens (including phenoxy) is 1. The maximum Gasteiger partial charge on any atom is 0.153 e. The SMILES string of the molecule is CNc1n[nH]c2c1C(C)OC(C)C2. The number of aromatic amines is 1.